The van der Waals surface area contributed by atoms with E-state index < -0.39 is 0 Å². The van der Waals surface area contributed by atoms with Gasteiger partial charge in [0.05, 0.1) is 29.4 Å². The fraction of sp³-hybridized carbons (Fsp3) is 0.412. The molecule has 108 valence electrons. The maximum atomic E-state index is 5.99. The molecule has 4 rings (SSSR count). The largest absolute Gasteiger partial charge is 0.370 e. The molecule has 0 N–H and O–H groups in total. The van der Waals surface area contributed by atoms with Crippen molar-refractivity contribution in [1.82, 2.24) is 9.97 Å². The molecule has 0 atom stereocenters. The number of aromatic nitrogens is 2. The Labute approximate surface area is 124 Å². The predicted molar refractivity (Wildman–Crippen MR) is 83.4 cm³/mol. The van der Waals surface area contributed by atoms with Gasteiger partial charge in [0.15, 0.2) is 0 Å². The molecule has 0 radical (unpaired) electrons. The van der Waals surface area contributed by atoms with Crippen molar-refractivity contribution in [2.45, 2.75) is 24.9 Å². The molecule has 2 saturated heterocycles. The van der Waals surface area contributed by atoms with Gasteiger partial charge in [-0.1, -0.05) is 18.7 Å². The van der Waals surface area contributed by atoms with Crippen LogP contribution in [0.2, 0.25) is 0 Å². The second kappa shape index (κ2) is 4.81. The molecule has 1 aromatic carbocycles. The molecular formula is C17H19N3O. The third-order valence-electron chi connectivity index (χ3n) is 4.59. The molecule has 3 heterocycles. The molecule has 2 aromatic rings. The SMILES string of the molecule is C=C1COC2(CCN(c3cnc4ccccc4n3)CC2)C1. The number of rotatable bonds is 1. The summed E-state index contributed by atoms with van der Waals surface area (Å²) in [5.41, 5.74) is 3.18. The van der Waals surface area contributed by atoms with E-state index in [9.17, 15) is 0 Å². The number of benzene rings is 1. The second-order valence-electron chi connectivity index (χ2n) is 6.10. The summed E-state index contributed by atoms with van der Waals surface area (Å²) in [4.78, 5) is 11.6. The molecule has 1 aromatic heterocycles. The highest BCUT2D eigenvalue weighted by molar-refractivity contribution is 5.75. The first-order chi connectivity index (χ1) is 10.2. The van der Waals surface area contributed by atoms with Crippen LogP contribution < -0.4 is 4.90 Å². The number of para-hydroxylation sites is 2. The van der Waals surface area contributed by atoms with Crippen LogP contribution in [-0.2, 0) is 4.74 Å². The molecule has 2 aliphatic rings. The number of hydrogen-bond donors (Lipinski definition) is 0. The van der Waals surface area contributed by atoms with E-state index in [0.717, 1.165) is 55.8 Å². The summed E-state index contributed by atoms with van der Waals surface area (Å²) >= 11 is 0. The molecule has 1 spiro atoms. The maximum absolute atomic E-state index is 5.99. The Morgan fingerprint density at radius 2 is 1.90 bits per heavy atom. The molecule has 21 heavy (non-hydrogen) atoms. The lowest BCUT2D eigenvalue weighted by atomic mass is 9.87. The van der Waals surface area contributed by atoms with E-state index in [-0.39, 0.29) is 5.60 Å². The van der Waals surface area contributed by atoms with Crippen LogP contribution in [-0.4, -0.2) is 35.3 Å². The van der Waals surface area contributed by atoms with Crippen molar-refractivity contribution < 1.29 is 4.74 Å². The predicted octanol–water partition coefficient (Wildman–Crippen LogP) is 2.95. The van der Waals surface area contributed by atoms with Crippen LogP contribution in [0.25, 0.3) is 11.0 Å². The van der Waals surface area contributed by atoms with Crippen LogP contribution in [0.3, 0.4) is 0 Å². The van der Waals surface area contributed by atoms with Crippen molar-refractivity contribution in [1.29, 1.82) is 0 Å². The van der Waals surface area contributed by atoms with Crippen molar-refractivity contribution in [3.05, 3.63) is 42.6 Å². The van der Waals surface area contributed by atoms with Gasteiger partial charge in [0.1, 0.15) is 5.82 Å². The van der Waals surface area contributed by atoms with Gasteiger partial charge in [0.2, 0.25) is 0 Å². The lowest BCUT2D eigenvalue weighted by Crippen LogP contribution is -2.44. The number of ether oxygens (including phenoxy) is 1. The molecule has 4 nitrogen and oxygen atoms in total. The first kappa shape index (κ1) is 12.8. The number of fused-ring (bicyclic) bond motifs is 1. The maximum Gasteiger partial charge on any atom is 0.147 e. The Kier molecular flexibility index (Phi) is 2.93. The number of hydrogen-bond acceptors (Lipinski definition) is 4. The van der Waals surface area contributed by atoms with E-state index in [0.29, 0.717) is 0 Å². The minimum Gasteiger partial charge on any atom is -0.370 e. The lowest BCUT2D eigenvalue weighted by molar-refractivity contribution is -0.0142. The topological polar surface area (TPSA) is 38.2 Å². The third-order valence-corrected chi connectivity index (χ3v) is 4.59. The van der Waals surface area contributed by atoms with E-state index >= 15 is 0 Å². The van der Waals surface area contributed by atoms with Gasteiger partial charge >= 0.3 is 0 Å². The van der Waals surface area contributed by atoms with Gasteiger partial charge in [-0.15, -0.1) is 0 Å². The van der Waals surface area contributed by atoms with Gasteiger partial charge in [-0.2, -0.15) is 0 Å². The molecule has 0 unspecified atom stereocenters. The second-order valence-corrected chi connectivity index (χ2v) is 6.10. The van der Waals surface area contributed by atoms with Gasteiger partial charge in [-0.05, 0) is 37.0 Å². The monoisotopic (exact) mass is 281 g/mol. The van der Waals surface area contributed by atoms with Gasteiger partial charge in [0.25, 0.3) is 0 Å². The highest BCUT2D eigenvalue weighted by Crippen LogP contribution is 2.38. The Morgan fingerprint density at radius 3 is 2.62 bits per heavy atom. The third kappa shape index (κ3) is 2.29. The van der Waals surface area contributed by atoms with E-state index in [1.165, 1.54) is 5.57 Å². The van der Waals surface area contributed by atoms with Crippen molar-refractivity contribution >= 4 is 16.9 Å². The summed E-state index contributed by atoms with van der Waals surface area (Å²) in [5, 5.41) is 0. The van der Waals surface area contributed by atoms with Gasteiger partial charge in [-0.25, -0.2) is 4.98 Å². The highest BCUT2D eigenvalue weighted by atomic mass is 16.5. The fourth-order valence-corrected chi connectivity index (χ4v) is 3.38. The fourth-order valence-electron chi connectivity index (χ4n) is 3.38. The van der Waals surface area contributed by atoms with Crippen LogP contribution >= 0.6 is 0 Å². The molecule has 0 aliphatic carbocycles. The molecule has 0 bridgehead atoms. The average Bonchev–Trinajstić information content (AvgIpc) is 2.88. The standard InChI is InChI=1S/C17H19N3O/c1-13-10-17(21-12-13)6-8-20(9-7-17)16-11-18-14-4-2-3-5-15(14)19-16/h2-5,11H,1,6-10,12H2. The minimum absolute atomic E-state index is 0.0395. The van der Waals surface area contributed by atoms with Crippen LogP contribution in [0.1, 0.15) is 19.3 Å². The Bertz CT molecular complexity index is 689. The number of nitrogens with zero attached hydrogens (tertiary/aromatic N) is 3. The van der Waals surface area contributed by atoms with Gasteiger partial charge in [-0.3, -0.25) is 4.98 Å². The molecule has 2 fully saturated rings. The van der Waals surface area contributed by atoms with Crippen LogP contribution in [0, 0.1) is 0 Å². The summed E-state index contributed by atoms with van der Waals surface area (Å²) < 4.78 is 5.99. The normalized spacial score (nSPS) is 21.3. The highest BCUT2D eigenvalue weighted by Gasteiger charge is 2.40. The first-order valence-corrected chi connectivity index (χ1v) is 7.52. The Balaban J connectivity index is 1.53. The summed E-state index contributed by atoms with van der Waals surface area (Å²) in [7, 11) is 0. The van der Waals surface area contributed by atoms with E-state index in [1.807, 2.05) is 30.5 Å². The number of piperidine rings is 1. The summed E-state index contributed by atoms with van der Waals surface area (Å²) in [6, 6.07) is 8.01. The number of anilines is 1. The van der Waals surface area contributed by atoms with Crippen molar-refractivity contribution in [3.8, 4) is 0 Å². The van der Waals surface area contributed by atoms with E-state index in [2.05, 4.69) is 16.5 Å². The van der Waals surface area contributed by atoms with Crippen LogP contribution in [0.15, 0.2) is 42.6 Å². The zero-order chi connectivity index (χ0) is 14.3. The zero-order valence-corrected chi connectivity index (χ0v) is 12.1. The molecule has 4 heteroatoms. The summed E-state index contributed by atoms with van der Waals surface area (Å²) in [5.74, 6) is 0.973. The molecule has 0 saturated carbocycles. The molecule has 0 amide bonds. The summed E-state index contributed by atoms with van der Waals surface area (Å²) in [6.07, 6.45) is 4.99. The van der Waals surface area contributed by atoms with Gasteiger partial charge in [0, 0.05) is 13.1 Å². The Hall–Kier alpha value is -1.94. The molecule has 2 aliphatic heterocycles. The quantitative estimate of drug-likeness (QED) is 0.753. The van der Waals surface area contributed by atoms with E-state index in [4.69, 9.17) is 9.72 Å². The lowest BCUT2D eigenvalue weighted by Gasteiger charge is -2.38. The van der Waals surface area contributed by atoms with Crippen LogP contribution in [0.5, 0.6) is 0 Å². The zero-order valence-electron chi connectivity index (χ0n) is 12.1. The molecular weight excluding hydrogens is 262 g/mol. The first-order valence-electron chi connectivity index (χ1n) is 7.52. The van der Waals surface area contributed by atoms with Gasteiger partial charge < -0.3 is 9.64 Å². The summed E-state index contributed by atoms with van der Waals surface area (Å²) in [6.45, 7) is 6.73. The van der Waals surface area contributed by atoms with Crippen molar-refractivity contribution in [2.24, 2.45) is 0 Å². The van der Waals surface area contributed by atoms with E-state index in [1.54, 1.807) is 0 Å². The Morgan fingerprint density at radius 1 is 1.14 bits per heavy atom. The van der Waals surface area contributed by atoms with Crippen molar-refractivity contribution in [3.63, 3.8) is 0 Å². The van der Waals surface area contributed by atoms with Crippen LogP contribution in [0.4, 0.5) is 5.82 Å². The minimum atomic E-state index is 0.0395. The smallest absolute Gasteiger partial charge is 0.147 e. The van der Waals surface area contributed by atoms with Crippen molar-refractivity contribution in [2.75, 3.05) is 24.6 Å². The average molecular weight is 281 g/mol.